The normalized spacial score (nSPS) is 25.3. The summed E-state index contributed by atoms with van der Waals surface area (Å²) in [4.78, 5) is 8.60. The highest BCUT2D eigenvalue weighted by atomic mass is 35.5. The molecule has 0 aromatic carbocycles. The van der Waals surface area contributed by atoms with Gasteiger partial charge in [-0.1, -0.05) is 18.5 Å². The van der Waals surface area contributed by atoms with Crippen molar-refractivity contribution in [3.05, 3.63) is 36.5 Å². The zero-order chi connectivity index (χ0) is 11.8. The number of hydrogen-bond donors (Lipinski definition) is 0. The first-order valence-electron chi connectivity index (χ1n) is 6.06. The average molecular weight is 249 g/mol. The van der Waals surface area contributed by atoms with Gasteiger partial charge in [-0.25, -0.2) is 9.97 Å². The lowest BCUT2D eigenvalue weighted by Crippen LogP contribution is -2.13. The van der Waals surface area contributed by atoms with Crippen molar-refractivity contribution >= 4 is 17.1 Å². The molecule has 89 valence electrons. The number of aromatic nitrogens is 3. The minimum atomic E-state index is 0.525. The Morgan fingerprint density at radius 2 is 2.00 bits per heavy atom. The van der Waals surface area contributed by atoms with Crippen molar-refractivity contribution in [3.63, 3.8) is 0 Å². The highest BCUT2D eigenvalue weighted by molar-refractivity contribution is 6.32. The minimum absolute atomic E-state index is 0.525. The van der Waals surface area contributed by atoms with E-state index in [0.717, 1.165) is 11.3 Å². The van der Waals surface area contributed by atoms with Crippen LogP contribution in [-0.2, 0) is 0 Å². The Hall–Kier alpha value is -1.09. The molecule has 0 bridgehead atoms. The quantitative estimate of drug-likeness (QED) is 0.773. The number of hydrogen-bond acceptors (Lipinski definition) is 2. The van der Waals surface area contributed by atoms with E-state index in [9.17, 15) is 0 Å². The van der Waals surface area contributed by atoms with Crippen molar-refractivity contribution in [2.75, 3.05) is 0 Å². The SMILES string of the molecule is [CH2][C@H]1CC[C@H](c2ncc3c(Cl)nccn32)CC1. The number of fused-ring (bicyclic) bond motifs is 1. The fourth-order valence-electron chi connectivity index (χ4n) is 2.64. The van der Waals surface area contributed by atoms with Crippen LogP contribution in [0.15, 0.2) is 18.6 Å². The Bertz CT molecular complexity index is 526. The summed E-state index contributed by atoms with van der Waals surface area (Å²) < 4.78 is 2.07. The molecule has 3 nitrogen and oxygen atoms in total. The summed E-state index contributed by atoms with van der Waals surface area (Å²) in [6, 6.07) is 0. The molecule has 0 aliphatic heterocycles. The lowest BCUT2D eigenvalue weighted by atomic mass is 9.82. The molecule has 4 heteroatoms. The van der Waals surface area contributed by atoms with Gasteiger partial charge < -0.3 is 0 Å². The molecule has 2 aromatic rings. The number of rotatable bonds is 1. The van der Waals surface area contributed by atoms with Crippen LogP contribution in [0.4, 0.5) is 0 Å². The van der Waals surface area contributed by atoms with Gasteiger partial charge in [0.15, 0.2) is 5.15 Å². The molecule has 1 radical (unpaired) electrons. The lowest BCUT2D eigenvalue weighted by molar-refractivity contribution is 0.363. The van der Waals surface area contributed by atoms with Crippen LogP contribution >= 0.6 is 11.6 Å². The third kappa shape index (κ3) is 1.93. The van der Waals surface area contributed by atoms with E-state index in [0.29, 0.717) is 17.0 Å². The van der Waals surface area contributed by atoms with Crippen molar-refractivity contribution in [1.82, 2.24) is 14.4 Å². The van der Waals surface area contributed by atoms with Gasteiger partial charge in [-0.3, -0.25) is 4.40 Å². The third-order valence-corrected chi connectivity index (χ3v) is 3.94. The molecule has 1 aliphatic carbocycles. The van der Waals surface area contributed by atoms with E-state index in [2.05, 4.69) is 21.3 Å². The van der Waals surface area contributed by atoms with E-state index in [1.54, 1.807) is 6.20 Å². The standard InChI is InChI=1S/C13H15ClN3/c1-9-2-4-10(5-3-9)13-16-8-11-12(14)15-6-7-17(11)13/h6-10H,1-5H2/t9-,10-. The first-order valence-corrected chi connectivity index (χ1v) is 6.44. The Kier molecular flexibility index (Phi) is 2.79. The van der Waals surface area contributed by atoms with Crippen LogP contribution < -0.4 is 0 Å². The second-order valence-corrected chi connectivity index (χ2v) is 5.17. The van der Waals surface area contributed by atoms with Crippen molar-refractivity contribution in [2.24, 2.45) is 5.92 Å². The molecule has 1 fully saturated rings. The highest BCUT2D eigenvalue weighted by Gasteiger charge is 2.23. The molecule has 0 N–H and O–H groups in total. The van der Waals surface area contributed by atoms with Gasteiger partial charge in [0.2, 0.25) is 0 Å². The summed E-state index contributed by atoms with van der Waals surface area (Å²) in [5.41, 5.74) is 0.904. The van der Waals surface area contributed by atoms with E-state index in [1.165, 1.54) is 25.7 Å². The average Bonchev–Trinajstić information content (AvgIpc) is 2.75. The fraction of sp³-hybridized carbons (Fsp3) is 0.462. The Morgan fingerprint density at radius 1 is 1.24 bits per heavy atom. The maximum Gasteiger partial charge on any atom is 0.154 e. The maximum atomic E-state index is 6.05. The van der Waals surface area contributed by atoms with Gasteiger partial charge in [-0.2, -0.15) is 0 Å². The maximum absolute atomic E-state index is 6.05. The van der Waals surface area contributed by atoms with Crippen LogP contribution in [0.1, 0.15) is 37.4 Å². The second-order valence-electron chi connectivity index (χ2n) is 4.81. The monoisotopic (exact) mass is 248 g/mol. The second kappa shape index (κ2) is 4.30. The molecule has 17 heavy (non-hydrogen) atoms. The molecule has 0 spiro atoms. The third-order valence-electron chi connectivity index (χ3n) is 3.65. The predicted molar refractivity (Wildman–Crippen MR) is 68.1 cm³/mol. The molecule has 1 aliphatic rings. The smallest absolute Gasteiger partial charge is 0.154 e. The van der Waals surface area contributed by atoms with Crippen LogP contribution in [0.3, 0.4) is 0 Å². The Morgan fingerprint density at radius 3 is 2.76 bits per heavy atom. The molecule has 2 heterocycles. The topological polar surface area (TPSA) is 30.2 Å². The summed E-state index contributed by atoms with van der Waals surface area (Å²) in [5, 5.41) is 0.525. The van der Waals surface area contributed by atoms with Gasteiger partial charge in [-0.05, 0) is 31.6 Å². The molecule has 1 saturated carbocycles. The van der Waals surface area contributed by atoms with Gasteiger partial charge in [0.05, 0.1) is 6.20 Å². The van der Waals surface area contributed by atoms with Crippen LogP contribution in [0.5, 0.6) is 0 Å². The Labute approximate surface area is 106 Å². The van der Waals surface area contributed by atoms with Crippen LogP contribution in [0.25, 0.3) is 5.52 Å². The van der Waals surface area contributed by atoms with Gasteiger partial charge in [0.25, 0.3) is 0 Å². The summed E-state index contributed by atoms with van der Waals surface area (Å²) in [6.45, 7) is 4.13. The largest absolute Gasteiger partial charge is 0.299 e. The van der Waals surface area contributed by atoms with Gasteiger partial charge in [-0.15, -0.1) is 0 Å². The van der Waals surface area contributed by atoms with E-state index in [-0.39, 0.29) is 0 Å². The molecular formula is C13H15ClN3. The molecule has 0 unspecified atom stereocenters. The number of halogens is 1. The zero-order valence-electron chi connectivity index (χ0n) is 9.64. The highest BCUT2D eigenvalue weighted by Crippen LogP contribution is 2.35. The van der Waals surface area contributed by atoms with Gasteiger partial charge >= 0.3 is 0 Å². The van der Waals surface area contributed by atoms with E-state index in [4.69, 9.17) is 11.6 Å². The fourth-order valence-corrected chi connectivity index (χ4v) is 2.83. The number of nitrogens with zero attached hydrogens (tertiary/aromatic N) is 3. The minimum Gasteiger partial charge on any atom is -0.299 e. The van der Waals surface area contributed by atoms with Crippen LogP contribution in [0, 0.1) is 12.8 Å². The predicted octanol–water partition coefficient (Wildman–Crippen LogP) is 3.49. The zero-order valence-corrected chi connectivity index (χ0v) is 10.4. The van der Waals surface area contributed by atoms with Crippen molar-refractivity contribution in [1.29, 1.82) is 0 Å². The molecule has 2 aromatic heterocycles. The van der Waals surface area contributed by atoms with Crippen molar-refractivity contribution in [3.8, 4) is 0 Å². The number of imidazole rings is 1. The van der Waals surface area contributed by atoms with E-state index >= 15 is 0 Å². The molecule has 0 saturated heterocycles. The Balaban J connectivity index is 1.98. The summed E-state index contributed by atoms with van der Waals surface area (Å²) in [6.07, 6.45) is 10.2. The first-order chi connectivity index (χ1) is 8.25. The summed E-state index contributed by atoms with van der Waals surface area (Å²) in [7, 11) is 0. The molecular weight excluding hydrogens is 234 g/mol. The van der Waals surface area contributed by atoms with E-state index in [1.807, 2.05) is 12.4 Å². The molecule has 0 amide bonds. The van der Waals surface area contributed by atoms with Gasteiger partial charge in [0.1, 0.15) is 11.3 Å². The summed E-state index contributed by atoms with van der Waals surface area (Å²) >= 11 is 6.05. The van der Waals surface area contributed by atoms with Crippen molar-refractivity contribution in [2.45, 2.75) is 31.6 Å². The van der Waals surface area contributed by atoms with Crippen molar-refractivity contribution < 1.29 is 0 Å². The van der Waals surface area contributed by atoms with Crippen LogP contribution in [-0.4, -0.2) is 14.4 Å². The van der Waals surface area contributed by atoms with Crippen LogP contribution in [0.2, 0.25) is 5.15 Å². The first kappa shape index (κ1) is 11.0. The summed E-state index contributed by atoms with van der Waals surface area (Å²) in [5.74, 6) is 2.27. The van der Waals surface area contributed by atoms with E-state index < -0.39 is 0 Å². The lowest BCUT2D eigenvalue weighted by Gasteiger charge is -2.25. The molecule has 3 rings (SSSR count). The van der Waals surface area contributed by atoms with Gasteiger partial charge in [0, 0.05) is 18.3 Å². The molecule has 0 atom stereocenters.